The van der Waals surface area contributed by atoms with Gasteiger partial charge in [-0.05, 0) is 36.3 Å². The van der Waals surface area contributed by atoms with Crippen LogP contribution in [-0.4, -0.2) is 22.6 Å². The molecule has 4 heteroatoms. The van der Waals surface area contributed by atoms with E-state index in [9.17, 15) is 0 Å². The van der Waals surface area contributed by atoms with Gasteiger partial charge in [-0.25, -0.2) is 9.97 Å². The summed E-state index contributed by atoms with van der Waals surface area (Å²) >= 11 is 6.05. The molecule has 0 unspecified atom stereocenters. The summed E-state index contributed by atoms with van der Waals surface area (Å²) in [5.41, 5.74) is 1.21. The van der Waals surface area contributed by atoms with E-state index in [4.69, 9.17) is 11.6 Å². The maximum atomic E-state index is 6.05. The van der Waals surface area contributed by atoms with E-state index in [1.807, 2.05) is 18.5 Å². The van der Waals surface area contributed by atoms with E-state index in [1.165, 1.54) is 5.56 Å². The van der Waals surface area contributed by atoms with Crippen molar-refractivity contribution in [3.63, 3.8) is 0 Å². The van der Waals surface area contributed by atoms with Crippen molar-refractivity contribution in [3.05, 3.63) is 36.1 Å². The molecular formula is C15H17ClN3. The topological polar surface area (TPSA) is 29.0 Å². The van der Waals surface area contributed by atoms with Crippen LogP contribution in [0.25, 0.3) is 10.8 Å². The summed E-state index contributed by atoms with van der Waals surface area (Å²) in [6.07, 6.45) is 4.91. The van der Waals surface area contributed by atoms with Crippen LogP contribution in [0.4, 0.5) is 5.82 Å². The molecule has 2 aromatic heterocycles. The Labute approximate surface area is 118 Å². The molecule has 1 fully saturated rings. The zero-order valence-electron chi connectivity index (χ0n) is 11.2. The lowest BCUT2D eigenvalue weighted by Crippen LogP contribution is -2.46. The maximum Gasteiger partial charge on any atom is 0.138 e. The van der Waals surface area contributed by atoms with Crippen molar-refractivity contribution in [2.75, 3.05) is 11.4 Å². The third-order valence-corrected chi connectivity index (χ3v) is 3.99. The van der Waals surface area contributed by atoms with Gasteiger partial charge in [-0.2, -0.15) is 0 Å². The number of aromatic nitrogens is 2. The molecule has 3 rings (SSSR count). The smallest absolute Gasteiger partial charge is 0.138 e. The van der Waals surface area contributed by atoms with E-state index in [0.29, 0.717) is 17.1 Å². The molecule has 0 N–H and O–H groups in total. The first-order valence-corrected chi connectivity index (χ1v) is 6.99. The molecule has 1 radical (unpaired) electrons. The summed E-state index contributed by atoms with van der Waals surface area (Å²) in [6, 6.07) is 2.26. The average molecular weight is 275 g/mol. The second-order valence-electron chi connectivity index (χ2n) is 5.38. The van der Waals surface area contributed by atoms with Gasteiger partial charge in [0, 0.05) is 30.4 Å². The van der Waals surface area contributed by atoms with Crippen LogP contribution in [0.15, 0.2) is 18.5 Å². The molecule has 1 aliphatic heterocycles. The number of halogens is 1. The van der Waals surface area contributed by atoms with E-state index < -0.39 is 0 Å². The van der Waals surface area contributed by atoms with Gasteiger partial charge in [0.2, 0.25) is 0 Å². The molecule has 99 valence electrons. The number of rotatable bonds is 2. The van der Waals surface area contributed by atoms with Crippen LogP contribution in [0.5, 0.6) is 0 Å². The quantitative estimate of drug-likeness (QED) is 0.780. The largest absolute Gasteiger partial charge is 0.353 e. The van der Waals surface area contributed by atoms with Gasteiger partial charge >= 0.3 is 0 Å². The van der Waals surface area contributed by atoms with Crippen LogP contribution in [-0.2, 0) is 0 Å². The lowest BCUT2D eigenvalue weighted by molar-refractivity contribution is 0.515. The Hall–Kier alpha value is -1.35. The Morgan fingerprint density at radius 3 is 2.68 bits per heavy atom. The van der Waals surface area contributed by atoms with Crippen molar-refractivity contribution < 1.29 is 0 Å². The van der Waals surface area contributed by atoms with Crippen molar-refractivity contribution in [1.29, 1.82) is 0 Å². The van der Waals surface area contributed by atoms with Gasteiger partial charge in [-0.3, -0.25) is 0 Å². The normalized spacial score (nSPS) is 19.0. The number of fused-ring (bicyclic) bond motifs is 1. The van der Waals surface area contributed by atoms with Crippen LogP contribution in [0.3, 0.4) is 0 Å². The average Bonchev–Trinajstić information content (AvgIpc) is 2.36. The molecule has 0 bridgehead atoms. The molecule has 0 amide bonds. The summed E-state index contributed by atoms with van der Waals surface area (Å²) in [4.78, 5) is 11.1. The molecule has 19 heavy (non-hydrogen) atoms. The second kappa shape index (κ2) is 4.64. The summed E-state index contributed by atoms with van der Waals surface area (Å²) < 4.78 is 0. The minimum atomic E-state index is 0.316. The predicted molar refractivity (Wildman–Crippen MR) is 79.7 cm³/mol. The fourth-order valence-corrected chi connectivity index (χ4v) is 2.68. The number of anilines is 1. The third-order valence-electron chi connectivity index (χ3n) is 3.79. The standard InChI is InChI=1S/C15H17ClN3/c1-9(2)12-7-18-15(19-5-4-10(19)3)13-8-17-14(16)6-11(12)13/h6-10H,3-5H2,1-2H3/t10-/m0/s1. The molecule has 1 saturated heterocycles. The Kier molecular flexibility index (Phi) is 3.09. The Morgan fingerprint density at radius 1 is 1.32 bits per heavy atom. The summed E-state index contributed by atoms with van der Waals surface area (Å²) in [5, 5.41) is 2.75. The zero-order chi connectivity index (χ0) is 13.6. The predicted octanol–water partition coefficient (Wildman–Crippen LogP) is 3.82. The number of nitrogens with zero attached hydrogens (tertiary/aromatic N) is 3. The van der Waals surface area contributed by atoms with Gasteiger partial charge in [0.1, 0.15) is 11.0 Å². The zero-order valence-corrected chi connectivity index (χ0v) is 12.0. The molecule has 1 atom stereocenters. The molecule has 2 aromatic rings. The van der Waals surface area contributed by atoms with Gasteiger partial charge < -0.3 is 4.90 Å². The number of hydrogen-bond acceptors (Lipinski definition) is 3. The van der Waals surface area contributed by atoms with E-state index >= 15 is 0 Å². The lowest BCUT2D eigenvalue weighted by Gasteiger charge is -2.40. The summed E-state index contributed by atoms with van der Waals surface area (Å²) in [6.45, 7) is 9.47. The van der Waals surface area contributed by atoms with Gasteiger partial charge in [-0.1, -0.05) is 25.4 Å². The highest BCUT2D eigenvalue weighted by Crippen LogP contribution is 2.35. The summed E-state index contributed by atoms with van der Waals surface area (Å²) in [7, 11) is 0. The minimum Gasteiger partial charge on any atom is -0.353 e. The highest BCUT2D eigenvalue weighted by Gasteiger charge is 2.27. The van der Waals surface area contributed by atoms with Crippen LogP contribution < -0.4 is 4.90 Å². The highest BCUT2D eigenvalue weighted by atomic mass is 35.5. The highest BCUT2D eigenvalue weighted by molar-refractivity contribution is 6.30. The fraction of sp³-hybridized carbons (Fsp3) is 0.400. The maximum absolute atomic E-state index is 6.05. The molecule has 0 aromatic carbocycles. The number of hydrogen-bond donors (Lipinski definition) is 0. The van der Waals surface area contributed by atoms with Crippen molar-refractivity contribution in [1.82, 2.24) is 9.97 Å². The molecule has 0 saturated carbocycles. The first kappa shape index (κ1) is 12.7. The van der Waals surface area contributed by atoms with Crippen LogP contribution in [0.1, 0.15) is 31.7 Å². The molecule has 1 aliphatic rings. The molecular weight excluding hydrogens is 258 g/mol. The Bertz CT molecular complexity index is 624. The fourth-order valence-electron chi connectivity index (χ4n) is 2.53. The number of pyridine rings is 2. The van der Waals surface area contributed by atoms with E-state index in [0.717, 1.165) is 29.6 Å². The van der Waals surface area contributed by atoms with Gasteiger partial charge in [0.05, 0.1) is 0 Å². The summed E-state index contributed by atoms with van der Waals surface area (Å²) in [5.74, 6) is 1.39. The van der Waals surface area contributed by atoms with E-state index in [-0.39, 0.29) is 0 Å². The van der Waals surface area contributed by atoms with Crippen molar-refractivity contribution >= 4 is 28.2 Å². The Balaban J connectivity index is 2.23. The SMILES string of the molecule is [CH2][C@H]1CCN1c1ncc(C(C)C)c2cc(Cl)ncc12. The second-order valence-corrected chi connectivity index (χ2v) is 5.77. The molecule has 3 nitrogen and oxygen atoms in total. The van der Waals surface area contributed by atoms with Gasteiger partial charge in [0.15, 0.2) is 0 Å². The van der Waals surface area contributed by atoms with Crippen LogP contribution in [0, 0.1) is 6.92 Å². The first-order chi connectivity index (χ1) is 9.08. The van der Waals surface area contributed by atoms with Crippen LogP contribution >= 0.6 is 11.6 Å². The monoisotopic (exact) mass is 274 g/mol. The molecule has 3 heterocycles. The molecule has 0 spiro atoms. The van der Waals surface area contributed by atoms with Crippen LogP contribution in [0.2, 0.25) is 5.15 Å². The van der Waals surface area contributed by atoms with Gasteiger partial charge in [0.25, 0.3) is 0 Å². The van der Waals surface area contributed by atoms with E-state index in [2.05, 4.69) is 35.6 Å². The van der Waals surface area contributed by atoms with E-state index in [1.54, 1.807) is 0 Å². The molecule has 0 aliphatic carbocycles. The van der Waals surface area contributed by atoms with Gasteiger partial charge in [-0.15, -0.1) is 0 Å². The van der Waals surface area contributed by atoms with Crippen molar-refractivity contribution in [2.45, 2.75) is 32.2 Å². The lowest BCUT2D eigenvalue weighted by atomic mass is 9.98. The first-order valence-electron chi connectivity index (χ1n) is 6.62. The third kappa shape index (κ3) is 2.06. The Morgan fingerprint density at radius 2 is 2.11 bits per heavy atom. The van der Waals surface area contributed by atoms with Crippen molar-refractivity contribution in [3.8, 4) is 0 Å². The minimum absolute atomic E-state index is 0.316. The van der Waals surface area contributed by atoms with Crippen molar-refractivity contribution in [2.24, 2.45) is 0 Å².